The first kappa shape index (κ1) is 24.9. The van der Waals surface area contributed by atoms with Gasteiger partial charge < -0.3 is 18.9 Å². The quantitative estimate of drug-likeness (QED) is 0.292. The summed E-state index contributed by atoms with van der Waals surface area (Å²) in [7, 11) is 5.36. The maximum Gasteiger partial charge on any atom is 0.223 e. The van der Waals surface area contributed by atoms with Crippen molar-refractivity contribution in [3.8, 4) is 11.5 Å². The molecule has 0 spiro atoms. The lowest BCUT2D eigenvalue weighted by atomic mass is 9.86. The van der Waals surface area contributed by atoms with Crippen molar-refractivity contribution in [1.82, 2.24) is 9.47 Å². The van der Waals surface area contributed by atoms with E-state index in [1.807, 2.05) is 12.1 Å². The number of likely N-dealkylation sites (tertiary alicyclic amines) is 1. The first-order valence-electron chi connectivity index (χ1n) is 13.1. The topological polar surface area (TPSA) is 43.7 Å². The molecule has 0 radical (unpaired) electrons. The third-order valence-electron chi connectivity index (χ3n) is 7.83. The Hall–Kier alpha value is -3.73. The standard InChI is InChI=1S/C32H36N2O3/c1-33-22-28(26-11-7-8-12-29(26)33)27(25-13-14-30(36-2)31(20-25)37-3)21-32(35)34-17-15-24(16-18-34)19-23-9-5-4-6-10-23/h4-14,20,22,24,27H,15-19,21H2,1-3H3. The number of amides is 1. The number of nitrogens with zero attached hydrogens (tertiary/aromatic N) is 2. The second-order valence-corrected chi connectivity index (χ2v) is 10.1. The lowest BCUT2D eigenvalue weighted by Gasteiger charge is -2.33. The second-order valence-electron chi connectivity index (χ2n) is 10.1. The Morgan fingerprint density at radius 2 is 1.62 bits per heavy atom. The molecule has 0 saturated carbocycles. The molecule has 1 amide bonds. The molecule has 0 aliphatic carbocycles. The maximum atomic E-state index is 13.7. The van der Waals surface area contributed by atoms with Crippen LogP contribution in [0.2, 0.25) is 0 Å². The first-order valence-corrected chi connectivity index (χ1v) is 13.1. The van der Waals surface area contributed by atoms with Gasteiger partial charge in [0, 0.05) is 49.6 Å². The van der Waals surface area contributed by atoms with Crippen molar-refractivity contribution in [3.63, 3.8) is 0 Å². The molecule has 5 heteroatoms. The van der Waals surface area contributed by atoms with Crippen molar-refractivity contribution in [1.29, 1.82) is 0 Å². The fraction of sp³-hybridized carbons (Fsp3) is 0.344. The second kappa shape index (κ2) is 11.1. The molecule has 0 bridgehead atoms. The zero-order valence-electron chi connectivity index (χ0n) is 22.0. The van der Waals surface area contributed by atoms with Gasteiger partial charge in [0.25, 0.3) is 0 Å². The van der Waals surface area contributed by atoms with Crippen molar-refractivity contribution in [2.24, 2.45) is 13.0 Å². The molecule has 1 aliphatic rings. The van der Waals surface area contributed by atoms with Gasteiger partial charge >= 0.3 is 0 Å². The van der Waals surface area contributed by atoms with Gasteiger partial charge in [-0.3, -0.25) is 4.79 Å². The number of rotatable bonds is 8. The van der Waals surface area contributed by atoms with Gasteiger partial charge in [-0.05, 0) is 60.1 Å². The number of para-hydroxylation sites is 1. The summed E-state index contributed by atoms with van der Waals surface area (Å²) in [6, 6.07) is 25.1. The fourth-order valence-corrected chi connectivity index (χ4v) is 5.77. The van der Waals surface area contributed by atoms with E-state index in [9.17, 15) is 4.79 Å². The monoisotopic (exact) mass is 496 g/mol. The highest BCUT2D eigenvalue weighted by molar-refractivity contribution is 5.86. The molecule has 2 heterocycles. The summed E-state index contributed by atoms with van der Waals surface area (Å²) in [5.74, 6) is 2.13. The Balaban J connectivity index is 1.38. The zero-order valence-corrected chi connectivity index (χ0v) is 22.0. The van der Waals surface area contributed by atoms with Crippen LogP contribution in [0.1, 0.15) is 41.9 Å². The number of hydrogen-bond acceptors (Lipinski definition) is 3. The van der Waals surface area contributed by atoms with Gasteiger partial charge in [-0.2, -0.15) is 0 Å². The first-order chi connectivity index (χ1) is 18.1. The van der Waals surface area contributed by atoms with Gasteiger partial charge in [0.05, 0.1) is 14.2 Å². The highest BCUT2D eigenvalue weighted by Crippen LogP contribution is 2.39. The predicted octanol–water partition coefficient (Wildman–Crippen LogP) is 6.20. The minimum atomic E-state index is -0.0829. The van der Waals surface area contributed by atoms with E-state index >= 15 is 0 Å². The predicted molar refractivity (Wildman–Crippen MR) is 148 cm³/mol. The van der Waals surface area contributed by atoms with Crippen molar-refractivity contribution >= 4 is 16.8 Å². The minimum absolute atomic E-state index is 0.0829. The molecule has 0 N–H and O–H groups in total. The number of aromatic nitrogens is 1. The van der Waals surface area contributed by atoms with Gasteiger partial charge in [-0.1, -0.05) is 54.6 Å². The number of ether oxygens (including phenoxy) is 2. The number of fused-ring (bicyclic) bond motifs is 1. The van der Waals surface area contributed by atoms with E-state index in [1.54, 1.807) is 14.2 Å². The molecule has 1 unspecified atom stereocenters. The number of hydrogen-bond donors (Lipinski definition) is 0. The molecule has 37 heavy (non-hydrogen) atoms. The Morgan fingerprint density at radius 3 is 2.35 bits per heavy atom. The third-order valence-corrected chi connectivity index (χ3v) is 7.83. The molecule has 5 nitrogen and oxygen atoms in total. The number of aryl methyl sites for hydroxylation is 1. The van der Waals surface area contributed by atoms with E-state index in [4.69, 9.17) is 9.47 Å². The smallest absolute Gasteiger partial charge is 0.223 e. The summed E-state index contributed by atoms with van der Waals surface area (Å²) in [6.45, 7) is 1.65. The van der Waals surface area contributed by atoms with Crippen LogP contribution < -0.4 is 9.47 Å². The molecule has 1 fully saturated rings. The lowest BCUT2D eigenvalue weighted by molar-refractivity contribution is -0.132. The molecular weight excluding hydrogens is 460 g/mol. The van der Waals surface area contributed by atoms with Crippen molar-refractivity contribution < 1.29 is 14.3 Å². The summed E-state index contributed by atoms with van der Waals surface area (Å²) < 4.78 is 13.2. The average molecular weight is 497 g/mol. The molecular formula is C32H36N2O3. The summed E-state index contributed by atoms with van der Waals surface area (Å²) in [5.41, 5.74) is 4.77. The van der Waals surface area contributed by atoms with Crippen LogP contribution in [0.15, 0.2) is 79.0 Å². The molecule has 4 aromatic rings. The highest BCUT2D eigenvalue weighted by atomic mass is 16.5. The van der Waals surface area contributed by atoms with Crippen LogP contribution in [0.3, 0.4) is 0 Å². The minimum Gasteiger partial charge on any atom is -0.493 e. The van der Waals surface area contributed by atoms with Crippen LogP contribution in [-0.2, 0) is 18.3 Å². The molecule has 1 aromatic heterocycles. The molecule has 1 saturated heterocycles. The van der Waals surface area contributed by atoms with Crippen LogP contribution >= 0.6 is 0 Å². The molecule has 1 atom stereocenters. The lowest BCUT2D eigenvalue weighted by Crippen LogP contribution is -2.39. The van der Waals surface area contributed by atoms with Gasteiger partial charge in [0.15, 0.2) is 11.5 Å². The maximum absolute atomic E-state index is 13.7. The van der Waals surface area contributed by atoms with Gasteiger partial charge in [-0.25, -0.2) is 0 Å². The van der Waals surface area contributed by atoms with Gasteiger partial charge in [0.2, 0.25) is 5.91 Å². The number of methoxy groups -OCH3 is 2. The fourth-order valence-electron chi connectivity index (χ4n) is 5.77. The van der Waals surface area contributed by atoms with Gasteiger partial charge in [-0.15, -0.1) is 0 Å². The molecule has 5 rings (SSSR count). The van der Waals surface area contributed by atoms with E-state index in [0.29, 0.717) is 23.8 Å². The molecule has 192 valence electrons. The number of benzene rings is 3. The number of piperidine rings is 1. The molecule has 3 aromatic carbocycles. The highest BCUT2D eigenvalue weighted by Gasteiger charge is 2.28. The SMILES string of the molecule is COc1ccc(C(CC(=O)N2CCC(Cc3ccccc3)CC2)c2cn(C)c3ccccc23)cc1OC. The Labute approximate surface area is 219 Å². The summed E-state index contributed by atoms with van der Waals surface area (Å²) >= 11 is 0. The third kappa shape index (κ3) is 5.36. The Morgan fingerprint density at radius 1 is 0.919 bits per heavy atom. The Bertz CT molecular complexity index is 1350. The van der Waals surface area contributed by atoms with Crippen LogP contribution in [-0.4, -0.2) is 42.7 Å². The summed E-state index contributed by atoms with van der Waals surface area (Å²) in [6.07, 6.45) is 5.79. The van der Waals surface area contributed by atoms with Crippen LogP contribution in [0.25, 0.3) is 10.9 Å². The van der Waals surface area contributed by atoms with E-state index in [0.717, 1.165) is 49.0 Å². The van der Waals surface area contributed by atoms with E-state index < -0.39 is 0 Å². The van der Waals surface area contributed by atoms with Crippen molar-refractivity contribution in [3.05, 3.63) is 95.7 Å². The van der Waals surface area contributed by atoms with Crippen molar-refractivity contribution in [2.45, 2.75) is 31.6 Å². The van der Waals surface area contributed by atoms with Crippen LogP contribution in [0, 0.1) is 5.92 Å². The number of carbonyl (C=O) groups is 1. The Kier molecular flexibility index (Phi) is 7.50. The average Bonchev–Trinajstić information content (AvgIpc) is 3.28. The molecule has 1 aliphatic heterocycles. The normalized spacial score (nSPS) is 15.1. The van der Waals surface area contributed by atoms with E-state index in [2.05, 4.69) is 83.4 Å². The number of carbonyl (C=O) groups excluding carboxylic acids is 1. The summed E-state index contributed by atoms with van der Waals surface area (Å²) in [5, 5.41) is 1.18. The largest absolute Gasteiger partial charge is 0.493 e. The van der Waals surface area contributed by atoms with Crippen molar-refractivity contribution in [2.75, 3.05) is 27.3 Å². The van der Waals surface area contributed by atoms with Crippen LogP contribution in [0.5, 0.6) is 11.5 Å². The summed E-state index contributed by atoms with van der Waals surface area (Å²) in [4.78, 5) is 15.8. The van der Waals surface area contributed by atoms with Gasteiger partial charge in [0.1, 0.15) is 0 Å². The van der Waals surface area contributed by atoms with Crippen LogP contribution in [0.4, 0.5) is 0 Å². The van der Waals surface area contributed by atoms with E-state index in [-0.39, 0.29) is 11.8 Å². The zero-order chi connectivity index (χ0) is 25.8. The van der Waals surface area contributed by atoms with E-state index in [1.165, 1.54) is 10.9 Å².